The highest BCUT2D eigenvalue weighted by molar-refractivity contribution is 5.89. The molecule has 1 aliphatic rings. The summed E-state index contributed by atoms with van der Waals surface area (Å²) in [7, 11) is 1.42. The van der Waals surface area contributed by atoms with Gasteiger partial charge in [-0.1, -0.05) is 48.0 Å². The molecule has 2 aromatic rings. The number of nitrogens with one attached hydrogen (secondary N) is 1. The monoisotopic (exact) mass is 380 g/mol. The van der Waals surface area contributed by atoms with Crippen LogP contribution in [0.3, 0.4) is 0 Å². The van der Waals surface area contributed by atoms with E-state index >= 15 is 0 Å². The van der Waals surface area contributed by atoms with Gasteiger partial charge < -0.3 is 15.0 Å². The van der Waals surface area contributed by atoms with Crippen molar-refractivity contribution < 1.29 is 14.3 Å². The Morgan fingerprint density at radius 3 is 2.50 bits per heavy atom. The molecule has 3 rings (SSSR count). The van der Waals surface area contributed by atoms with Gasteiger partial charge in [-0.3, -0.25) is 4.79 Å². The van der Waals surface area contributed by atoms with E-state index in [4.69, 9.17) is 4.74 Å². The van der Waals surface area contributed by atoms with Crippen LogP contribution in [-0.2, 0) is 14.9 Å². The van der Waals surface area contributed by atoms with E-state index < -0.39 is 0 Å². The number of benzene rings is 2. The third-order valence-corrected chi connectivity index (χ3v) is 5.59. The van der Waals surface area contributed by atoms with Gasteiger partial charge in [-0.25, -0.2) is 4.79 Å². The quantitative estimate of drug-likeness (QED) is 0.776. The minimum Gasteiger partial charge on any atom is -0.469 e. The van der Waals surface area contributed by atoms with Crippen molar-refractivity contribution >= 4 is 17.7 Å². The van der Waals surface area contributed by atoms with Crippen molar-refractivity contribution in [2.24, 2.45) is 0 Å². The molecule has 1 saturated heterocycles. The molecule has 2 aromatic carbocycles. The Bertz CT molecular complexity index is 804. The Balaban J connectivity index is 1.78. The van der Waals surface area contributed by atoms with Crippen LogP contribution in [0, 0.1) is 6.92 Å². The molecular formula is C23H28N2O3. The van der Waals surface area contributed by atoms with Crippen molar-refractivity contribution in [2.75, 3.05) is 25.5 Å². The van der Waals surface area contributed by atoms with E-state index in [1.165, 1.54) is 12.7 Å². The molecule has 1 fully saturated rings. The minimum absolute atomic E-state index is 0.0954. The fourth-order valence-electron chi connectivity index (χ4n) is 3.96. The first-order valence-electron chi connectivity index (χ1n) is 9.77. The molecule has 0 aliphatic carbocycles. The first kappa shape index (κ1) is 19.9. The molecule has 0 radical (unpaired) electrons. The summed E-state index contributed by atoms with van der Waals surface area (Å²) in [4.78, 5) is 26.6. The van der Waals surface area contributed by atoms with Gasteiger partial charge in [0, 0.05) is 30.6 Å². The zero-order valence-corrected chi connectivity index (χ0v) is 16.6. The molecule has 0 aromatic heterocycles. The molecule has 0 saturated carbocycles. The van der Waals surface area contributed by atoms with Gasteiger partial charge >= 0.3 is 12.0 Å². The second-order valence-electron chi connectivity index (χ2n) is 7.54. The fraction of sp³-hybridized carbons (Fsp3) is 0.391. The highest BCUT2D eigenvalue weighted by Gasteiger charge is 2.39. The largest absolute Gasteiger partial charge is 0.469 e. The van der Waals surface area contributed by atoms with E-state index in [1.54, 1.807) is 0 Å². The van der Waals surface area contributed by atoms with Crippen molar-refractivity contribution in [3.63, 3.8) is 0 Å². The number of piperidine rings is 1. The van der Waals surface area contributed by atoms with E-state index in [2.05, 4.69) is 17.4 Å². The third kappa shape index (κ3) is 4.71. The lowest BCUT2D eigenvalue weighted by molar-refractivity contribution is -0.141. The number of ether oxygens (including phenoxy) is 1. The number of rotatable bonds is 5. The molecule has 1 aliphatic heterocycles. The second kappa shape index (κ2) is 8.91. The number of carbonyl (C=O) groups excluding carboxylic acids is 2. The number of methoxy groups -OCH3 is 1. The molecule has 1 N–H and O–H groups in total. The van der Waals surface area contributed by atoms with Crippen LogP contribution in [0.25, 0.3) is 0 Å². The number of aryl methyl sites for hydroxylation is 1. The van der Waals surface area contributed by atoms with Gasteiger partial charge in [-0.15, -0.1) is 0 Å². The highest BCUT2D eigenvalue weighted by atomic mass is 16.5. The van der Waals surface area contributed by atoms with Gasteiger partial charge in [0.05, 0.1) is 7.11 Å². The van der Waals surface area contributed by atoms with E-state index in [0.717, 1.165) is 24.1 Å². The smallest absolute Gasteiger partial charge is 0.321 e. The summed E-state index contributed by atoms with van der Waals surface area (Å²) in [5, 5.41) is 3.00. The molecule has 1 unspecified atom stereocenters. The molecule has 5 heteroatoms. The van der Waals surface area contributed by atoms with Gasteiger partial charge in [0.2, 0.25) is 0 Å². The Hall–Kier alpha value is -2.82. The number of anilines is 1. The Labute approximate surface area is 166 Å². The first-order valence-corrected chi connectivity index (χ1v) is 9.77. The second-order valence-corrected chi connectivity index (χ2v) is 7.54. The van der Waals surface area contributed by atoms with Crippen molar-refractivity contribution in [1.29, 1.82) is 0 Å². The summed E-state index contributed by atoms with van der Waals surface area (Å²) >= 11 is 0. The van der Waals surface area contributed by atoms with Gasteiger partial charge in [0.1, 0.15) is 0 Å². The van der Waals surface area contributed by atoms with Crippen LogP contribution in [0.5, 0.6) is 0 Å². The maximum atomic E-state index is 12.9. The summed E-state index contributed by atoms with van der Waals surface area (Å²) in [6, 6.07) is 17.9. The fourth-order valence-corrected chi connectivity index (χ4v) is 3.96. The summed E-state index contributed by atoms with van der Waals surface area (Å²) < 4.78 is 4.85. The van der Waals surface area contributed by atoms with Crippen LogP contribution in [-0.4, -0.2) is 37.1 Å². The summed E-state index contributed by atoms with van der Waals surface area (Å²) in [6.45, 7) is 3.32. The summed E-state index contributed by atoms with van der Waals surface area (Å²) in [6.07, 6.45) is 2.86. The zero-order chi connectivity index (χ0) is 20.0. The predicted molar refractivity (Wildman–Crippen MR) is 110 cm³/mol. The van der Waals surface area contributed by atoms with Crippen LogP contribution in [0.15, 0.2) is 54.6 Å². The molecular weight excluding hydrogens is 352 g/mol. The van der Waals surface area contributed by atoms with Gasteiger partial charge in [-0.2, -0.15) is 0 Å². The molecule has 1 heterocycles. The zero-order valence-electron chi connectivity index (χ0n) is 16.6. The Morgan fingerprint density at radius 2 is 1.82 bits per heavy atom. The first-order chi connectivity index (χ1) is 13.5. The normalized spacial score (nSPS) is 19.1. The predicted octanol–water partition coefficient (Wildman–Crippen LogP) is 4.51. The molecule has 0 spiro atoms. The number of carbonyl (C=O) groups is 2. The minimum atomic E-state index is -0.238. The number of urea groups is 1. The average molecular weight is 380 g/mol. The van der Waals surface area contributed by atoms with Gasteiger partial charge in [-0.05, 0) is 43.9 Å². The summed E-state index contributed by atoms with van der Waals surface area (Å²) in [5.41, 5.74) is 2.88. The standard InChI is InChI=1S/C23H28N2O3/c1-18-9-11-20(12-10-18)24-22(27)25-16-6-14-23(17-25,15-13-21(26)28-2)19-7-4-3-5-8-19/h3-5,7-12H,6,13-17H2,1-2H3,(H,24,27). The van der Waals surface area contributed by atoms with Crippen molar-refractivity contribution in [1.82, 2.24) is 4.90 Å². The molecule has 28 heavy (non-hydrogen) atoms. The van der Waals surface area contributed by atoms with Crippen LogP contribution in [0.4, 0.5) is 10.5 Å². The lowest BCUT2D eigenvalue weighted by Crippen LogP contribution is -2.50. The highest BCUT2D eigenvalue weighted by Crippen LogP contribution is 2.38. The third-order valence-electron chi connectivity index (χ3n) is 5.59. The van der Waals surface area contributed by atoms with Crippen molar-refractivity contribution in [2.45, 2.75) is 38.0 Å². The molecule has 2 amide bonds. The van der Waals surface area contributed by atoms with Gasteiger partial charge in [0.25, 0.3) is 0 Å². The van der Waals surface area contributed by atoms with Crippen LogP contribution in [0.2, 0.25) is 0 Å². The number of esters is 1. The van der Waals surface area contributed by atoms with E-state index in [9.17, 15) is 9.59 Å². The summed E-state index contributed by atoms with van der Waals surface area (Å²) in [5.74, 6) is -0.212. The average Bonchev–Trinajstić information content (AvgIpc) is 2.74. The Kier molecular flexibility index (Phi) is 6.34. The van der Waals surface area contributed by atoms with Crippen LogP contribution in [0.1, 0.15) is 36.8 Å². The van der Waals surface area contributed by atoms with E-state index in [0.29, 0.717) is 25.9 Å². The molecule has 5 nitrogen and oxygen atoms in total. The molecule has 0 bridgehead atoms. The number of hydrogen-bond donors (Lipinski definition) is 1. The maximum absolute atomic E-state index is 12.9. The number of nitrogens with zero attached hydrogens (tertiary/aromatic N) is 1. The van der Waals surface area contributed by atoms with E-state index in [-0.39, 0.29) is 17.4 Å². The number of hydrogen-bond acceptors (Lipinski definition) is 3. The number of likely N-dealkylation sites (tertiary alicyclic amines) is 1. The van der Waals surface area contributed by atoms with Crippen molar-refractivity contribution in [3.05, 3.63) is 65.7 Å². The van der Waals surface area contributed by atoms with Crippen LogP contribution < -0.4 is 5.32 Å². The van der Waals surface area contributed by atoms with Gasteiger partial charge in [0.15, 0.2) is 0 Å². The van der Waals surface area contributed by atoms with E-state index in [1.807, 2.05) is 54.3 Å². The maximum Gasteiger partial charge on any atom is 0.321 e. The Morgan fingerprint density at radius 1 is 1.11 bits per heavy atom. The topological polar surface area (TPSA) is 58.6 Å². The lowest BCUT2D eigenvalue weighted by atomic mass is 9.71. The molecule has 1 atom stereocenters. The molecule has 148 valence electrons. The lowest BCUT2D eigenvalue weighted by Gasteiger charge is -2.43. The van der Waals surface area contributed by atoms with Crippen LogP contribution >= 0.6 is 0 Å². The SMILES string of the molecule is COC(=O)CCC1(c2ccccc2)CCCN(C(=O)Nc2ccc(C)cc2)C1. The van der Waals surface area contributed by atoms with Crippen molar-refractivity contribution in [3.8, 4) is 0 Å². The number of amides is 2.